The van der Waals surface area contributed by atoms with Crippen LogP contribution in [0.1, 0.15) is 12.8 Å². The molecule has 0 radical (unpaired) electrons. The average molecular weight is 254 g/mol. The zero-order valence-electron chi connectivity index (χ0n) is 10.7. The largest absolute Gasteiger partial charge is 0.369 e. The topological polar surface area (TPSA) is 78.7 Å². The van der Waals surface area contributed by atoms with Crippen molar-refractivity contribution in [3.8, 4) is 0 Å². The number of carbonyl (C=O) groups is 2. The van der Waals surface area contributed by atoms with Crippen molar-refractivity contribution in [2.24, 2.45) is 11.7 Å². The quantitative estimate of drug-likeness (QED) is 0.650. The molecule has 0 aromatic rings. The van der Waals surface area contributed by atoms with Gasteiger partial charge in [-0.3, -0.25) is 14.5 Å². The van der Waals surface area contributed by atoms with Crippen LogP contribution in [0.3, 0.4) is 0 Å². The SMILES string of the molecule is NC(=O)C1CCN(CC(=O)N2CCNCC2)CC1. The van der Waals surface area contributed by atoms with Crippen LogP contribution < -0.4 is 11.1 Å². The Morgan fingerprint density at radius 3 is 2.28 bits per heavy atom. The lowest BCUT2D eigenvalue weighted by molar-refractivity contribution is -0.133. The van der Waals surface area contributed by atoms with Crippen molar-refractivity contribution in [3.05, 3.63) is 0 Å². The number of hydrogen-bond acceptors (Lipinski definition) is 4. The molecule has 0 saturated carbocycles. The molecule has 0 atom stereocenters. The van der Waals surface area contributed by atoms with Crippen LogP contribution in [0.4, 0.5) is 0 Å². The summed E-state index contributed by atoms with van der Waals surface area (Å²) in [7, 11) is 0. The Kier molecular flexibility index (Phi) is 4.54. The first-order valence-electron chi connectivity index (χ1n) is 6.67. The van der Waals surface area contributed by atoms with Crippen molar-refractivity contribution in [1.82, 2.24) is 15.1 Å². The Bertz CT molecular complexity index is 307. The van der Waals surface area contributed by atoms with E-state index in [1.54, 1.807) is 0 Å². The minimum Gasteiger partial charge on any atom is -0.369 e. The van der Waals surface area contributed by atoms with Crippen molar-refractivity contribution in [1.29, 1.82) is 0 Å². The van der Waals surface area contributed by atoms with Gasteiger partial charge < -0.3 is 16.0 Å². The highest BCUT2D eigenvalue weighted by Crippen LogP contribution is 2.16. The molecule has 0 aromatic heterocycles. The zero-order valence-corrected chi connectivity index (χ0v) is 10.7. The zero-order chi connectivity index (χ0) is 13.0. The van der Waals surface area contributed by atoms with Gasteiger partial charge in [-0.15, -0.1) is 0 Å². The number of nitrogens with zero attached hydrogens (tertiary/aromatic N) is 2. The number of primary amides is 1. The lowest BCUT2D eigenvalue weighted by Crippen LogP contribution is -2.50. The van der Waals surface area contributed by atoms with E-state index in [0.29, 0.717) is 6.54 Å². The number of amides is 2. The molecular formula is C12H22N4O2. The fourth-order valence-electron chi connectivity index (χ4n) is 2.58. The molecule has 2 fully saturated rings. The van der Waals surface area contributed by atoms with E-state index in [-0.39, 0.29) is 17.7 Å². The maximum atomic E-state index is 12.0. The summed E-state index contributed by atoms with van der Waals surface area (Å²) in [6.45, 7) is 5.44. The number of likely N-dealkylation sites (tertiary alicyclic amines) is 1. The Morgan fingerprint density at radius 1 is 1.11 bits per heavy atom. The molecule has 0 bridgehead atoms. The molecule has 2 amide bonds. The summed E-state index contributed by atoms with van der Waals surface area (Å²) in [6.07, 6.45) is 1.56. The first-order chi connectivity index (χ1) is 8.66. The summed E-state index contributed by atoms with van der Waals surface area (Å²) in [4.78, 5) is 27.1. The third-order valence-electron chi connectivity index (χ3n) is 3.82. The third kappa shape index (κ3) is 3.43. The summed E-state index contributed by atoms with van der Waals surface area (Å²) in [5.74, 6) is -0.00681. The van der Waals surface area contributed by atoms with Crippen molar-refractivity contribution >= 4 is 11.8 Å². The number of nitrogens with two attached hydrogens (primary N) is 1. The van der Waals surface area contributed by atoms with E-state index < -0.39 is 0 Å². The number of piperidine rings is 1. The summed E-state index contributed by atoms with van der Waals surface area (Å²) in [6, 6.07) is 0. The standard InChI is InChI=1S/C12H22N4O2/c13-12(18)10-1-5-15(6-2-10)9-11(17)16-7-3-14-4-8-16/h10,14H,1-9H2,(H2,13,18). The monoisotopic (exact) mass is 254 g/mol. The van der Waals surface area contributed by atoms with Crippen molar-refractivity contribution in [3.63, 3.8) is 0 Å². The first-order valence-corrected chi connectivity index (χ1v) is 6.67. The molecule has 6 heteroatoms. The van der Waals surface area contributed by atoms with E-state index in [4.69, 9.17) is 5.73 Å². The molecule has 0 spiro atoms. The summed E-state index contributed by atoms with van der Waals surface area (Å²) in [5.41, 5.74) is 5.29. The van der Waals surface area contributed by atoms with Crippen LogP contribution in [-0.2, 0) is 9.59 Å². The van der Waals surface area contributed by atoms with Crippen LogP contribution in [0.2, 0.25) is 0 Å². The normalized spacial score (nSPS) is 23.0. The number of carbonyl (C=O) groups excluding carboxylic acids is 2. The van der Waals surface area contributed by atoms with E-state index in [1.165, 1.54) is 0 Å². The van der Waals surface area contributed by atoms with Gasteiger partial charge in [-0.25, -0.2) is 0 Å². The summed E-state index contributed by atoms with van der Waals surface area (Å²) >= 11 is 0. The maximum Gasteiger partial charge on any atom is 0.236 e. The molecule has 2 saturated heterocycles. The second-order valence-electron chi connectivity index (χ2n) is 5.08. The Labute approximate surface area is 107 Å². The Morgan fingerprint density at radius 2 is 1.72 bits per heavy atom. The average Bonchev–Trinajstić information content (AvgIpc) is 2.40. The van der Waals surface area contributed by atoms with Gasteiger partial charge in [-0.05, 0) is 25.9 Å². The first kappa shape index (κ1) is 13.3. The minimum absolute atomic E-state index is 0.00413. The van der Waals surface area contributed by atoms with Crippen molar-refractivity contribution < 1.29 is 9.59 Å². The molecular weight excluding hydrogens is 232 g/mol. The number of hydrogen-bond donors (Lipinski definition) is 2. The highest BCUT2D eigenvalue weighted by Gasteiger charge is 2.25. The van der Waals surface area contributed by atoms with Crippen LogP contribution >= 0.6 is 0 Å². The predicted molar refractivity (Wildman–Crippen MR) is 67.8 cm³/mol. The molecule has 18 heavy (non-hydrogen) atoms. The van der Waals surface area contributed by atoms with Gasteiger partial charge in [0, 0.05) is 32.1 Å². The van der Waals surface area contributed by atoms with Crippen molar-refractivity contribution in [2.75, 3.05) is 45.8 Å². The molecule has 6 nitrogen and oxygen atoms in total. The van der Waals surface area contributed by atoms with Gasteiger partial charge in [-0.1, -0.05) is 0 Å². The second-order valence-corrected chi connectivity index (χ2v) is 5.08. The van der Waals surface area contributed by atoms with Gasteiger partial charge in [-0.2, -0.15) is 0 Å². The molecule has 0 unspecified atom stereocenters. The second kappa shape index (κ2) is 6.15. The van der Waals surface area contributed by atoms with Gasteiger partial charge in [0.1, 0.15) is 0 Å². The van der Waals surface area contributed by atoms with Crippen LogP contribution in [0.5, 0.6) is 0 Å². The van der Waals surface area contributed by atoms with E-state index in [2.05, 4.69) is 10.2 Å². The van der Waals surface area contributed by atoms with Gasteiger partial charge in [0.05, 0.1) is 6.54 Å². The van der Waals surface area contributed by atoms with Gasteiger partial charge in [0.15, 0.2) is 0 Å². The predicted octanol–water partition coefficient (Wildman–Crippen LogP) is -1.38. The van der Waals surface area contributed by atoms with E-state index in [1.807, 2.05) is 4.90 Å². The Balaban J connectivity index is 1.73. The van der Waals surface area contributed by atoms with Gasteiger partial charge in [0.2, 0.25) is 11.8 Å². The molecule has 0 aliphatic carbocycles. The van der Waals surface area contributed by atoms with Gasteiger partial charge in [0.25, 0.3) is 0 Å². The highest BCUT2D eigenvalue weighted by atomic mass is 16.2. The summed E-state index contributed by atoms with van der Waals surface area (Å²) < 4.78 is 0. The van der Waals surface area contributed by atoms with E-state index in [0.717, 1.165) is 52.1 Å². The van der Waals surface area contributed by atoms with Crippen LogP contribution in [0.15, 0.2) is 0 Å². The van der Waals surface area contributed by atoms with Crippen LogP contribution in [0, 0.1) is 5.92 Å². The third-order valence-corrected chi connectivity index (χ3v) is 3.82. The smallest absolute Gasteiger partial charge is 0.236 e. The maximum absolute atomic E-state index is 12.0. The molecule has 0 aromatic carbocycles. The molecule has 102 valence electrons. The molecule has 3 N–H and O–H groups in total. The minimum atomic E-state index is -0.205. The number of piperazine rings is 1. The number of rotatable bonds is 3. The Hall–Kier alpha value is -1.14. The van der Waals surface area contributed by atoms with E-state index in [9.17, 15) is 9.59 Å². The van der Waals surface area contributed by atoms with E-state index >= 15 is 0 Å². The molecule has 2 heterocycles. The van der Waals surface area contributed by atoms with Crippen LogP contribution in [-0.4, -0.2) is 67.4 Å². The fraction of sp³-hybridized carbons (Fsp3) is 0.833. The molecule has 2 aliphatic heterocycles. The summed E-state index contributed by atoms with van der Waals surface area (Å²) in [5, 5.41) is 3.23. The van der Waals surface area contributed by atoms with Gasteiger partial charge >= 0.3 is 0 Å². The highest BCUT2D eigenvalue weighted by molar-refractivity contribution is 5.79. The van der Waals surface area contributed by atoms with Crippen molar-refractivity contribution in [2.45, 2.75) is 12.8 Å². The van der Waals surface area contributed by atoms with Crippen LogP contribution in [0.25, 0.3) is 0 Å². The molecule has 2 aliphatic rings. The lowest BCUT2D eigenvalue weighted by atomic mass is 9.96. The fourth-order valence-corrected chi connectivity index (χ4v) is 2.58. The molecule has 2 rings (SSSR count). The number of nitrogens with one attached hydrogen (secondary N) is 1. The lowest BCUT2D eigenvalue weighted by Gasteiger charge is -2.33.